The molecule has 3 nitrogen and oxygen atoms in total. The van der Waals surface area contributed by atoms with Crippen molar-refractivity contribution < 1.29 is 4.79 Å². The second-order valence-corrected chi connectivity index (χ2v) is 2.55. The molecule has 1 radical (unpaired) electrons. The molecule has 0 aromatic carbocycles. The second kappa shape index (κ2) is 4.41. The first kappa shape index (κ1) is 7.69. The summed E-state index contributed by atoms with van der Waals surface area (Å²) in [5.41, 5.74) is 0. The fourth-order valence-electron chi connectivity index (χ4n) is 1.21. The Bertz CT molecular complexity index is 99.8. The van der Waals surface area contributed by atoms with E-state index in [1.54, 1.807) is 6.29 Å². The predicted octanol–water partition coefficient (Wildman–Crippen LogP) is -0.261. The number of nitrogens with zero attached hydrogens (tertiary/aromatic N) is 1. The van der Waals surface area contributed by atoms with Crippen LogP contribution >= 0.6 is 0 Å². The van der Waals surface area contributed by atoms with Gasteiger partial charge >= 0.3 is 0 Å². The van der Waals surface area contributed by atoms with E-state index in [1.807, 2.05) is 0 Å². The van der Waals surface area contributed by atoms with E-state index >= 15 is 0 Å². The van der Waals surface area contributed by atoms with Gasteiger partial charge in [0.25, 0.3) is 0 Å². The van der Waals surface area contributed by atoms with Crippen molar-refractivity contribution in [2.75, 3.05) is 26.3 Å². The van der Waals surface area contributed by atoms with E-state index in [-0.39, 0.29) is 0 Å². The van der Waals surface area contributed by atoms with Gasteiger partial charge in [0.2, 0.25) is 6.29 Å². The van der Waals surface area contributed by atoms with E-state index in [4.69, 9.17) is 0 Å². The van der Waals surface area contributed by atoms with Crippen molar-refractivity contribution >= 4 is 6.29 Å². The van der Waals surface area contributed by atoms with Crippen LogP contribution in [0.2, 0.25) is 0 Å². The van der Waals surface area contributed by atoms with Gasteiger partial charge in [0.05, 0.1) is 6.54 Å². The summed E-state index contributed by atoms with van der Waals surface area (Å²) >= 11 is 0. The van der Waals surface area contributed by atoms with Gasteiger partial charge in [-0.3, -0.25) is 15.0 Å². The van der Waals surface area contributed by atoms with Gasteiger partial charge in [0.15, 0.2) is 0 Å². The third-order valence-electron chi connectivity index (χ3n) is 1.73. The monoisotopic (exact) mass is 141 g/mol. The standard InChI is InChI=1S/C7H13N2O/c10-6-3-8-7-9-4-1-2-5-9/h8H,1-5,7H2. The largest absolute Gasteiger partial charge is 0.297 e. The van der Waals surface area contributed by atoms with E-state index < -0.39 is 0 Å². The lowest BCUT2D eigenvalue weighted by molar-refractivity contribution is 0.316. The SMILES string of the molecule is O=[C]CNCN1CCCC1. The molecule has 10 heavy (non-hydrogen) atoms. The summed E-state index contributed by atoms with van der Waals surface area (Å²) in [4.78, 5) is 12.1. The van der Waals surface area contributed by atoms with Gasteiger partial charge in [-0.2, -0.15) is 0 Å². The summed E-state index contributed by atoms with van der Waals surface area (Å²) in [6.45, 7) is 3.55. The molecular formula is C7H13N2O. The molecule has 1 N–H and O–H groups in total. The minimum Gasteiger partial charge on any atom is -0.297 e. The Kier molecular flexibility index (Phi) is 3.40. The predicted molar refractivity (Wildman–Crippen MR) is 39.4 cm³/mol. The molecule has 0 aliphatic carbocycles. The number of rotatable bonds is 4. The first-order valence-electron chi connectivity index (χ1n) is 3.71. The zero-order valence-electron chi connectivity index (χ0n) is 6.10. The molecule has 0 unspecified atom stereocenters. The van der Waals surface area contributed by atoms with Gasteiger partial charge in [-0.15, -0.1) is 0 Å². The summed E-state index contributed by atoms with van der Waals surface area (Å²) < 4.78 is 0. The Balaban J connectivity index is 1.96. The molecule has 57 valence electrons. The highest BCUT2D eigenvalue weighted by Crippen LogP contribution is 2.04. The highest BCUT2D eigenvalue weighted by atomic mass is 16.1. The lowest BCUT2D eigenvalue weighted by Crippen LogP contribution is -2.32. The second-order valence-electron chi connectivity index (χ2n) is 2.55. The van der Waals surface area contributed by atoms with Crippen molar-refractivity contribution in [3.05, 3.63) is 0 Å². The molecular weight excluding hydrogens is 128 g/mol. The van der Waals surface area contributed by atoms with Crippen molar-refractivity contribution in [2.24, 2.45) is 0 Å². The normalized spacial score (nSPS) is 19.6. The fraction of sp³-hybridized carbons (Fsp3) is 0.857. The molecule has 1 heterocycles. The Morgan fingerprint density at radius 3 is 2.70 bits per heavy atom. The maximum Gasteiger partial charge on any atom is 0.213 e. The number of nitrogens with one attached hydrogen (secondary N) is 1. The third-order valence-corrected chi connectivity index (χ3v) is 1.73. The van der Waals surface area contributed by atoms with Gasteiger partial charge in [-0.1, -0.05) is 0 Å². The highest BCUT2D eigenvalue weighted by molar-refractivity contribution is 5.52. The van der Waals surface area contributed by atoms with Crippen LogP contribution in [0, 0.1) is 0 Å². The van der Waals surface area contributed by atoms with Crippen LogP contribution in [0.4, 0.5) is 0 Å². The van der Waals surface area contributed by atoms with Crippen LogP contribution in [0.1, 0.15) is 12.8 Å². The Hall–Kier alpha value is -0.410. The van der Waals surface area contributed by atoms with E-state index in [9.17, 15) is 4.79 Å². The Labute approximate surface area is 61.4 Å². The Morgan fingerprint density at radius 1 is 1.40 bits per heavy atom. The summed E-state index contributed by atoms with van der Waals surface area (Å²) in [6.07, 6.45) is 4.40. The molecule has 0 spiro atoms. The summed E-state index contributed by atoms with van der Waals surface area (Å²) in [7, 11) is 0. The molecule has 1 rings (SSSR count). The molecule has 0 saturated carbocycles. The molecule has 0 amide bonds. The molecule has 0 bridgehead atoms. The molecule has 0 aromatic rings. The smallest absolute Gasteiger partial charge is 0.213 e. The van der Waals surface area contributed by atoms with Crippen LogP contribution in [-0.2, 0) is 4.79 Å². The van der Waals surface area contributed by atoms with Crippen molar-refractivity contribution in [2.45, 2.75) is 12.8 Å². The maximum absolute atomic E-state index is 9.77. The summed E-state index contributed by atoms with van der Waals surface area (Å²) in [5, 5.41) is 2.98. The summed E-state index contributed by atoms with van der Waals surface area (Å²) in [6, 6.07) is 0. The first-order valence-corrected chi connectivity index (χ1v) is 3.71. The topological polar surface area (TPSA) is 32.3 Å². The Morgan fingerprint density at radius 2 is 2.10 bits per heavy atom. The van der Waals surface area contributed by atoms with Crippen molar-refractivity contribution in [1.29, 1.82) is 0 Å². The van der Waals surface area contributed by atoms with Crippen LogP contribution < -0.4 is 5.32 Å². The van der Waals surface area contributed by atoms with Gasteiger partial charge in [-0.25, -0.2) is 0 Å². The van der Waals surface area contributed by atoms with E-state index in [0.29, 0.717) is 6.54 Å². The maximum atomic E-state index is 9.77. The van der Waals surface area contributed by atoms with Gasteiger partial charge in [0, 0.05) is 6.67 Å². The van der Waals surface area contributed by atoms with Crippen molar-refractivity contribution in [3.63, 3.8) is 0 Å². The quantitative estimate of drug-likeness (QED) is 0.547. The minimum atomic E-state index is 0.358. The summed E-state index contributed by atoms with van der Waals surface area (Å²) in [5.74, 6) is 0. The molecule has 1 saturated heterocycles. The van der Waals surface area contributed by atoms with Crippen LogP contribution in [0.3, 0.4) is 0 Å². The van der Waals surface area contributed by atoms with Gasteiger partial charge < -0.3 is 0 Å². The molecule has 0 aromatic heterocycles. The highest BCUT2D eigenvalue weighted by Gasteiger charge is 2.09. The number of hydrogen-bond acceptors (Lipinski definition) is 3. The van der Waals surface area contributed by atoms with Gasteiger partial charge in [0.1, 0.15) is 0 Å². The average Bonchev–Trinajstić information content (AvgIpc) is 2.41. The zero-order valence-corrected chi connectivity index (χ0v) is 6.10. The number of likely N-dealkylation sites (tertiary alicyclic amines) is 1. The van der Waals surface area contributed by atoms with Gasteiger partial charge in [-0.05, 0) is 25.9 Å². The molecule has 0 atom stereocenters. The number of carbonyl (C=O) groups excluding carboxylic acids is 1. The average molecular weight is 141 g/mol. The molecule has 1 aliphatic heterocycles. The fourth-order valence-corrected chi connectivity index (χ4v) is 1.21. The van der Waals surface area contributed by atoms with Crippen LogP contribution in [0.15, 0.2) is 0 Å². The first-order chi connectivity index (χ1) is 4.93. The van der Waals surface area contributed by atoms with Crippen LogP contribution in [0.5, 0.6) is 0 Å². The van der Waals surface area contributed by atoms with Crippen LogP contribution in [-0.4, -0.2) is 37.5 Å². The van der Waals surface area contributed by atoms with E-state index in [0.717, 1.165) is 6.67 Å². The third kappa shape index (κ3) is 2.45. The molecule has 1 fully saturated rings. The molecule has 1 aliphatic rings. The lowest BCUT2D eigenvalue weighted by atomic mass is 10.4. The number of hydrogen-bond donors (Lipinski definition) is 1. The molecule has 3 heteroatoms. The van der Waals surface area contributed by atoms with E-state index in [2.05, 4.69) is 10.2 Å². The lowest BCUT2D eigenvalue weighted by Gasteiger charge is -2.13. The van der Waals surface area contributed by atoms with Crippen molar-refractivity contribution in [1.82, 2.24) is 10.2 Å². The minimum absolute atomic E-state index is 0.358. The van der Waals surface area contributed by atoms with E-state index in [1.165, 1.54) is 25.9 Å². The zero-order chi connectivity index (χ0) is 7.23. The van der Waals surface area contributed by atoms with Crippen molar-refractivity contribution in [3.8, 4) is 0 Å². The van der Waals surface area contributed by atoms with Crippen LogP contribution in [0.25, 0.3) is 0 Å².